The lowest BCUT2D eigenvalue weighted by Crippen LogP contribution is -1.93. The van der Waals surface area contributed by atoms with Crippen molar-refractivity contribution < 1.29 is 0 Å². The molecular formula is C17H15NS. The van der Waals surface area contributed by atoms with Gasteiger partial charge in [0.2, 0.25) is 0 Å². The van der Waals surface area contributed by atoms with Gasteiger partial charge in [-0.25, -0.2) is 0 Å². The molecule has 3 rings (SSSR count). The zero-order valence-corrected chi connectivity index (χ0v) is 11.4. The SMILES string of the molecule is S=c1cc(C2=CCCC=C2)[nH]c(-c2ccccc2)c1. The van der Waals surface area contributed by atoms with Crippen molar-refractivity contribution in [2.45, 2.75) is 12.8 Å². The molecule has 0 fully saturated rings. The highest BCUT2D eigenvalue weighted by Gasteiger charge is 2.04. The van der Waals surface area contributed by atoms with Crippen molar-refractivity contribution >= 4 is 17.8 Å². The predicted molar refractivity (Wildman–Crippen MR) is 83.4 cm³/mol. The second kappa shape index (κ2) is 5.37. The highest BCUT2D eigenvalue weighted by molar-refractivity contribution is 7.71. The Morgan fingerprint density at radius 1 is 0.947 bits per heavy atom. The summed E-state index contributed by atoms with van der Waals surface area (Å²) in [5, 5.41) is 0. The van der Waals surface area contributed by atoms with E-state index in [2.05, 4.69) is 35.3 Å². The Hall–Kier alpha value is -1.93. The van der Waals surface area contributed by atoms with Crippen LogP contribution in [0.2, 0.25) is 0 Å². The average Bonchev–Trinajstić information content (AvgIpc) is 2.48. The molecule has 2 aromatic rings. The second-order valence-electron chi connectivity index (χ2n) is 4.65. The maximum absolute atomic E-state index is 5.39. The molecule has 0 radical (unpaired) electrons. The molecule has 1 aromatic carbocycles. The summed E-state index contributed by atoms with van der Waals surface area (Å²) in [6.45, 7) is 0. The van der Waals surface area contributed by atoms with Gasteiger partial charge in [0.1, 0.15) is 0 Å². The summed E-state index contributed by atoms with van der Waals surface area (Å²) in [6, 6.07) is 14.3. The Morgan fingerprint density at radius 3 is 2.47 bits per heavy atom. The van der Waals surface area contributed by atoms with Crippen molar-refractivity contribution in [1.29, 1.82) is 0 Å². The van der Waals surface area contributed by atoms with E-state index in [1.807, 2.05) is 30.3 Å². The van der Waals surface area contributed by atoms with E-state index < -0.39 is 0 Å². The fourth-order valence-electron chi connectivity index (χ4n) is 2.29. The smallest absolute Gasteiger partial charge is 0.0472 e. The lowest BCUT2D eigenvalue weighted by atomic mass is 10.0. The van der Waals surface area contributed by atoms with E-state index in [0.29, 0.717) is 0 Å². The molecule has 0 atom stereocenters. The molecule has 1 aliphatic carbocycles. The van der Waals surface area contributed by atoms with Gasteiger partial charge in [-0.1, -0.05) is 60.8 Å². The van der Waals surface area contributed by atoms with Crippen LogP contribution in [-0.2, 0) is 0 Å². The molecule has 0 amide bonds. The molecule has 1 nitrogen and oxygen atoms in total. The first-order chi connectivity index (χ1) is 9.33. The minimum atomic E-state index is 0.868. The summed E-state index contributed by atoms with van der Waals surface area (Å²) in [4.78, 5) is 3.49. The fourth-order valence-corrected chi connectivity index (χ4v) is 2.52. The Morgan fingerprint density at radius 2 is 1.74 bits per heavy atom. The highest BCUT2D eigenvalue weighted by Crippen LogP contribution is 2.24. The van der Waals surface area contributed by atoms with Gasteiger partial charge in [-0.2, -0.15) is 0 Å². The minimum absolute atomic E-state index is 0.868. The third-order valence-corrected chi connectivity index (χ3v) is 3.47. The Bertz CT molecular complexity index is 693. The lowest BCUT2D eigenvalue weighted by Gasteiger charge is -2.10. The van der Waals surface area contributed by atoms with Gasteiger partial charge in [0.15, 0.2) is 0 Å². The largest absolute Gasteiger partial charge is 0.354 e. The zero-order valence-electron chi connectivity index (χ0n) is 10.6. The van der Waals surface area contributed by atoms with E-state index in [4.69, 9.17) is 12.2 Å². The summed E-state index contributed by atoms with van der Waals surface area (Å²) in [5.74, 6) is 0. The van der Waals surface area contributed by atoms with Crippen LogP contribution in [0.1, 0.15) is 18.5 Å². The number of aromatic amines is 1. The van der Waals surface area contributed by atoms with Gasteiger partial charge in [0.25, 0.3) is 0 Å². The van der Waals surface area contributed by atoms with Crippen molar-refractivity contribution in [1.82, 2.24) is 4.98 Å². The molecule has 2 heteroatoms. The molecule has 1 aliphatic rings. The van der Waals surface area contributed by atoms with E-state index in [1.54, 1.807) is 0 Å². The van der Waals surface area contributed by atoms with E-state index in [-0.39, 0.29) is 0 Å². The standard InChI is InChI=1S/C17H15NS/c19-15-11-16(13-7-3-1-4-8-13)18-17(12-15)14-9-5-2-6-10-14/h1,3-5,7-12H,2,6H2,(H,18,19). The zero-order chi connectivity index (χ0) is 13.1. The van der Waals surface area contributed by atoms with Gasteiger partial charge in [-0.05, 0) is 36.1 Å². The number of nitrogens with one attached hydrogen (secondary N) is 1. The van der Waals surface area contributed by atoms with Crippen molar-refractivity contribution in [2.24, 2.45) is 0 Å². The maximum atomic E-state index is 5.39. The average molecular weight is 265 g/mol. The minimum Gasteiger partial charge on any atom is -0.354 e. The van der Waals surface area contributed by atoms with Gasteiger partial charge in [-0.3, -0.25) is 0 Å². The van der Waals surface area contributed by atoms with Crippen LogP contribution in [0, 0.1) is 4.51 Å². The van der Waals surface area contributed by atoms with Crippen LogP contribution in [0.25, 0.3) is 16.8 Å². The summed E-state index contributed by atoms with van der Waals surface area (Å²) in [6.07, 6.45) is 8.86. The van der Waals surface area contributed by atoms with Crippen molar-refractivity contribution in [3.05, 3.63) is 70.9 Å². The third-order valence-electron chi connectivity index (χ3n) is 3.23. The number of allylic oxidation sites excluding steroid dienone is 4. The van der Waals surface area contributed by atoms with Crippen molar-refractivity contribution in [3.8, 4) is 11.3 Å². The van der Waals surface area contributed by atoms with Crippen LogP contribution >= 0.6 is 12.2 Å². The molecule has 1 N–H and O–H groups in total. The van der Waals surface area contributed by atoms with E-state index >= 15 is 0 Å². The maximum Gasteiger partial charge on any atom is 0.0472 e. The summed E-state index contributed by atoms with van der Waals surface area (Å²) in [7, 11) is 0. The van der Waals surface area contributed by atoms with E-state index in [9.17, 15) is 0 Å². The van der Waals surface area contributed by atoms with Crippen LogP contribution in [0.3, 0.4) is 0 Å². The number of pyridine rings is 1. The van der Waals surface area contributed by atoms with Gasteiger partial charge >= 0.3 is 0 Å². The summed E-state index contributed by atoms with van der Waals surface area (Å²) in [5.41, 5.74) is 4.57. The van der Waals surface area contributed by atoms with Crippen LogP contribution in [0.5, 0.6) is 0 Å². The van der Waals surface area contributed by atoms with Crippen LogP contribution in [0.15, 0.2) is 60.7 Å². The normalized spacial score (nSPS) is 14.2. The van der Waals surface area contributed by atoms with E-state index in [1.165, 1.54) is 5.57 Å². The third kappa shape index (κ3) is 2.74. The molecule has 0 saturated heterocycles. The molecule has 0 spiro atoms. The van der Waals surface area contributed by atoms with Gasteiger partial charge in [-0.15, -0.1) is 0 Å². The van der Waals surface area contributed by atoms with Gasteiger partial charge in [0, 0.05) is 15.9 Å². The topological polar surface area (TPSA) is 15.8 Å². The quantitative estimate of drug-likeness (QED) is 0.743. The summed E-state index contributed by atoms with van der Waals surface area (Å²) < 4.78 is 0.868. The highest BCUT2D eigenvalue weighted by atomic mass is 32.1. The number of rotatable bonds is 2. The van der Waals surface area contributed by atoms with Gasteiger partial charge < -0.3 is 4.98 Å². The molecular weight excluding hydrogens is 250 g/mol. The van der Waals surface area contributed by atoms with E-state index in [0.717, 1.165) is 34.3 Å². The van der Waals surface area contributed by atoms with Crippen LogP contribution in [0.4, 0.5) is 0 Å². The monoisotopic (exact) mass is 265 g/mol. The number of aromatic nitrogens is 1. The molecule has 0 bridgehead atoms. The first-order valence-electron chi connectivity index (χ1n) is 6.50. The lowest BCUT2D eigenvalue weighted by molar-refractivity contribution is 1.04. The van der Waals surface area contributed by atoms with Crippen LogP contribution < -0.4 is 0 Å². The molecule has 0 aliphatic heterocycles. The first kappa shape index (κ1) is 12.1. The van der Waals surface area contributed by atoms with Crippen molar-refractivity contribution in [3.63, 3.8) is 0 Å². The molecule has 94 valence electrons. The Kier molecular flexibility index (Phi) is 3.43. The summed E-state index contributed by atoms with van der Waals surface area (Å²) >= 11 is 5.39. The Balaban J connectivity index is 2.09. The molecule has 1 aromatic heterocycles. The number of hydrogen-bond donors (Lipinski definition) is 1. The van der Waals surface area contributed by atoms with Crippen molar-refractivity contribution in [2.75, 3.05) is 0 Å². The second-order valence-corrected chi connectivity index (χ2v) is 5.12. The van der Waals surface area contributed by atoms with Gasteiger partial charge in [0.05, 0.1) is 0 Å². The predicted octanol–water partition coefficient (Wildman–Crippen LogP) is 5.14. The number of benzene rings is 1. The number of H-pyrrole nitrogens is 1. The molecule has 19 heavy (non-hydrogen) atoms. The first-order valence-corrected chi connectivity index (χ1v) is 6.90. The molecule has 0 saturated carbocycles. The fraction of sp³-hybridized carbons (Fsp3) is 0.118. The molecule has 1 heterocycles. The Labute approximate surface area is 118 Å². The number of hydrogen-bond acceptors (Lipinski definition) is 1. The molecule has 0 unspecified atom stereocenters. The van der Waals surface area contributed by atoms with Crippen LogP contribution in [-0.4, -0.2) is 4.98 Å².